The van der Waals surface area contributed by atoms with Crippen LogP contribution in [0.5, 0.6) is 0 Å². The van der Waals surface area contributed by atoms with Gasteiger partial charge in [-0.1, -0.05) is 73.5 Å². The van der Waals surface area contributed by atoms with Crippen LogP contribution in [-0.2, 0) is 27.2 Å². The van der Waals surface area contributed by atoms with Crippen LogP contribution in [-0.4, -0.2) is 119 Å². The second kappa shape index (κ2) is 17.8. The van der Waals surface area contributed by atoms with Crippen LogP contribution in [0.1, 0.15) is 62.5 Å². The first kappa shape index (κ1) is 35.0. The molecule has 1 aliphatic carbocycles. The molecular weight excluding hydrogens is 592 g/mol. The van der Waals surface area contributed by atoms with Crippen LogP contribution >= 0.6 is 0 Å². The van der Waals surface area contributed by atoms with Crippen molar-refractivity contribution in [3.05, 3.63) is 71.8 Å². The Labute approximate surface area is 280 Å². The Hall–Kier alpha value is -3.27. The predicted molar refractivity (Wildman–Crippen MR) is 183 cm³/mol. The number of nitrogens with zero attached hydrogens (tertiary/aromatic N) is 4. The first-order chi connectivity index (χ1) is 22.8. The number of likely N-dealkylation sites (tertiary alicyclic amines) is 2. The van der Waals surface area contributed by atoms with Gasteiger partial charge in [0, 0.05) is 38.3 Å². The Balaban J connectivity index is 1.17. The number of aliphatic carboxylic acids is 2. The van der Waals surface area contributed by atoms with E-state index < -0.39 is 11.9 Å². The van der Waals surface area contributed by atoms with E-state index in [9.17, 15) is 24.6 Å². The Kier molecular flexibility index (Phi) is 13.2. The molecule has 2 aromatic carbocycles. The maximum Gasteiger partial charge on any atom is 0.317 e. The molecule has 0 spiro atoms. The smallest absolute Gasteiger partial charge is 0.317 e. The van der Waals surface area contributed by atoms with Gasteiger partial charge in [0.05, 0.1) is 19.6 Å². The average molecular weight is 647 g/mol. The molecule has 2 aliphatic heterocycles. The Morgan fingerprint density at radius 1 is 0.617 bits per heavy atom. The van der Waals surface area contributed by atoms with Crippen molar-refractivity contribution < 1.29 is 24.6 Å². The molecule has 9 nitrogen and oxygen atoms in total. The molecule has 2 saturated heterocycles. The summed E-state index contributed by atoms with van der Waals surface area (Å²) in [5.41, 5.74) is 2.71. The van der Waals surface area contributed by atoms with Crippen LogP contribution in [0.25, 0.3) is 0 Å². The summed E-state index contributed by atoms with van der Waals surface area (Å²) in [5.74, 6) is -0.624. The number of benzene rings is 2. The minimum Gasteiger partial charge on any atom is -0.480 e. The number of amides is 1. The normalized spacial score (nSPS) is 21.7. The molecule has 2 N–H and O–H groups in total. The van der Waals surface area contributed by atoms with Crippen molar-refractivity contribution in [2.24, 2.45) is 11.8 Å². The van der Waals surface area contributed by atoms with E-state index >= 15 is 0 Å². The zero-order valence-corrected chi connectivity index (χ0v) is 27.9. The molecule has 3 fully saturated rings. The number of carboxylic acids is 2. The first-order valence-corrected chi connectivity index (χ1v) is 17.8. The van der Waals surface area contributed by atoms with Gasteiger partial charge >= 0.3 is 11.9 Å². The lowest BCUT2D eigenvalue weighted by molar-refractivity contribution is -0.144. The quantitative estimate of drug-likeness (QED) is 0.292. The molecule has 47 heavy (non-hydrogen) atoms. The Morgan fingerprint density at radius 3 is 1.60 bits per heavy atom. The lowest BCUT2D eigenvalue weighted by Crippen LogP contribution is -2.58. The highest BCUT2D eigenvalue weighted by atomic mass is 16.4. The van der Waals surface area contributed by atoms with Gasteiger partial charge in [-0.25, -0.2) is 0 Å². The average Bonchev–Trinajstić information content (AvgIpc) is 3.08. The van der Waals surface area contributed by atoms with Crippen molar-refractivity contribution in [3.8, 4) is 0 Å². The van der Waals surface area contributed by atoms with Crippen molar-refractivity contribution in [1.29, 1.82) is 0 Å². The molecule has 0 aromatic heterocycles. The van der Waals surface area contributed by atoms with Crippen LogP contribution in [0.3, 0.4) is 0 Å². The minimum absolute atomic E-state index is 0.0168. The predicted octanol–water partition coefficient (Wildman–Crippen LogP) is 4.51. The monoisotopic (exact) mass is 646 g/mol. The van der Waals surface area contributed by atoms with Gasteiger partial charge < -0.3 is 20.0 Å². The summed E-state index contributed by atoms with van der Waals surface area (Å²) in [6.45, 7) is 4.60. The number of carbonyl (C=O) groups is 3. The number of hydrogen-bond acceptors (Lipinski definition) is 6. The van der Waals surface area contributed by atoms with Gasteiger partial charge in [0.1, 0.15) is 0 Å². The fourth-order valence-corrected chi connectivity index (χ4v) is 8.18. The summed E-state index contributed by atoms with van der Waals surface area (Å²) >= 11 is 0. The molecule has 2 aromatic rings. The fraction of sp³-hybridized carbons (Fsp3) is 0.605. The van der Waals surface area contributed by atoms with Crippen molar-refractivity contribution >= 4 is 17.8 Å². The van der Waals surface area contributed by atoms with E-state index in [1.165, 1.54) is 11.1 Å². The van der Waals surface area contributed by atoms with E-state index in [1.54, 1.807) is 0 Å². The largest absolute Gasteiger partial charge is 0.480 e. The number of hydrogen-bond donors (Lipinski definition) is 2. The van der Waals surface area contributed by atoms with Crippen LogP contribution in [0.15, 0.2) is 60.7 Å². The number of carbonyl (C=O) groups excluding carboxylic acids is 1. The molecule has 2 unspecified atom stereocenters. The van der Waals surface area contributed by atoms with Crippen molar-refractivity contribution in [2.75, 3.05) is 58.9 Å². The summed E-state index contributed by atoms with van der Waals surface area (Å²) in [6.07, 6.45) is 9.80. The van der Waals surface area contributed by atoms with Gasteiger partial charge in [0.25, 0.3) is 0 Å². The Morgan fingerprint density at radius 2 is 1.09 bits per heavy atom. The van der Waals surface area contributed by atoms with Crippen LogP contribution in [0.2, 0.25) is 0 Å². The second-order valence-electron chi connectivity index (χ2n) is 14.1. The van der Waals surface area contributed by atoms with E-state index in [1.807, 2.05) is 15.9 Å². The summed E-state index contributed by atoms with van der Waals surface area (Å²) in [5, 5.41) is 19.8. The fourth-order valence-electron chi connectivity index (χ4n) is 8.18. The highest BCUT2D eigenvalue weighted by Crippen LogP contribution is 2.29. The highest BCUT2D eigenvalue weighted by Gasteiger charge is 2.37. The molecule has 1 amide bonds. The maximum absolute atomic E-state index is 13.6. The van der Waals surface area contributed by atoms with Gasteiger partial charge in [-0.05, 0) is 87.4 Å². The summed E-state index contributed by atoms with van der Waals surface area (Å²) in [4.78, 5) is 46.0. The van der Waals surface area contributed by atoms with Crippen molar-refractivity contribution in [3.63, 3.8) is 0 Å². The van der Waals surface area contributed by atoms with Gasteiger partial charge in [0.15, 0.2) is 0 Å². The first-order valence-electron chi connectivity index (χ1n) is 17.8. The standard InChI is InChI=1S/C38H54N4O5/c43-36(40-21-17-33(18-22-40)26-31-11-5-2-6-12-31)27-42(29-38(46)47)35-14-8-7-13-34(35)41(28-37(44)45)24-23-39-19-15-32(16-20-39)25-30-9-3-1-4-10-30/h1-6,9-12,32-35H,7-8,13-29H2,(H,44,45)(H,46,47). The van der Waals surface area contributed by atoms with Gasteiger partial charge in [0.2, 0.25) is 5.91 Å². The minimum atomic E-state index is -0.952. The van der Waals surface area contributed by atoms with Crippen LogP contribution in [0, 0.1) is 11.8 Å². The molecule has 2 atom stereocenters. The van der Waals surface area contributed by atoms with Gasteiger partial charge in [-0.2, -0.15) is 0 Å². The SMILES string of the molecule is O=C(O)CN(CCN1CCC(Cc2ccccc2)CC1)C1CCCCC1N(CC(=O)O)CC(=O)N1CCC(Cc2ccccc2)CC1. The summed E-state index contributed by atoms with van der Waals surface area (Å²) < 4.78 is 0. The number of rotatable bonds is 15. The molecule has 5 rings (SSSR count). The van der Waals surface area contributed by atoms with E-state index in [-0.39, 0.29) is 37.6 Å². The molecular formula is C38H54N4O5. The van der Waals surface area contributed by atoms with E-state index in [0.29, 0.717) is 31.5 Å². The zero-order chi connectivity index (χ0) is 33.0. The maximum atomic E-state index is 13.6. The van der Waals surface area contributed by atoms with Crippen molar-refractivity contribution in [1.82, 2.24) is 19.6 Å². The van der Waals surface area contributed by atoms with Gasteiger partial charge in [-0.3, -0.25) is 24.2 Å². The third-order valence-corrected chi connectivity index (χ3v) is 10.8. The summed E-state index contributed by atoms with van der Waals surface area (Å²) in [6, 6.07) is 20.9. The third-order valence-electron chi connectivity index (χ3n) is 10.8. The van der Waals surface area contributed by atoms with E-state index in [0.717, 1.165) is 83.8 Å². The Bertz CT molecular complexity index is 1260. The molecule has 2 heterocycles. The molecule has 3 aliphatic rings. The molecule has 256 valence electrons. The van der Waals surface area contributed by atoms with Crippen LogP contribution < -0.4 is 0 Å². The lowest BCUT2D eigenvalue weighted by atomic mass is 9.87. The topological polar surface area (TPSA) is 105 Å². The van der Waals surface area contributed by atoms with Gasteiger partial charge in [-0.15, -0.1) is 0 Å². The summed E-state index contributed by atoms with van der Waals surface area (Å²) in [7, 11) is 0. The second-order valence-corrected chi connectivity index (χ2v) is 14.1. The van der Waals surface area contributed by atoms with Crippen LogP contribution in [0.4, 0.5) is 0 Å². The number of piperidine rings is 2. The molecule has 1 saturated carbocycles. The van der Waals surface area contributed by atoms with E-state index in [4.69, 9.17) is 0 Å². The highest BCUT2D eigenvalue weighted by molar-refractivity contribution is 5.79. The van der Waals surface area contributed by atoms with E-state index in [2.05, 4.69) is 64.4 Å². The third kappa shape index (κ3) is 10.9. The zero-order valence-electron chi connectivity index (χ0n) is 27.9. The lowest BCUT2D eigenvalue weighted by Gasteiger charge is -2.45. The molecule has 0 bridgehead atoms. The number of carboxylic acid groups (broad SMARTS) is 2. The van der Waals surface area contributed by atoms with Crippen molar-refractivity contribution in [2.45, 2.75) is 76.3 Å². The molecule has 0 radical (unpaired) electrons. The molecule has 9 heteroatoms.